The van der Waals surface area contributed by atoms with Crippen molar-refractivity contribution in [2.75, 3.05) is 7.05 Å². The predicted octanol–water partition coefficient (Wildman–Crippen LogP) is 1.38. The largest absolute Gasteiger partial charge is 0.352 e. The van der Waals surface area contributed by atoms with Gasteiger partial charge in [-0.1, -0.05) is 6.92 Å². The van der Waals surface area contributed by atoms with E-state index in [4.69, 9.17) is 0 Å². The van der Waals surface area contributed by atoms with Gasteiger partial charge in [-0.2, -0.15) is 5.10 Å². The SMILES string of the molecule is CNC(C(=O)NC1CCC(C)CC1)c1cnn(C)c1. The molecule has 0 spiro atoms. The van der Waals surface area contributed by atoms with Gasteiger partial charge in [0.1, 0.15) is 6.04 Å². The van der Waals surface area contributed by atoms with Crippen molar-refractivity contribution in [1.29, 1.82) is 0 Å². The monoisotopic (exact) mass is 264 g/mol. The van der Waals surface area contributed by atoms with Gasteiger partial charge in [0.25, 0.3) is 0 Å². The second-order valence-corrected chi connectivity index (χ2v) is 5.63. The minimum atomic E-state index is -0.312. The Bertz CT molecular complexity index is 421. The van der Waals surface area contributed by atoms with Gasteiger partial charge < -0.3 is 10.6 Å². The number of carbonyl (C=O) groups excluding carboxylic acids is 1. The second kappa shape index (κ2) is 6.19. The lowest BCUT2D eigenvalue weighted by Crippen LogP contribution is -2.43. The summed E-state index contributed by atoms with van der Waals surface area (Å²) in [4.78, 5) is 12.3. The fraction of sp³-hybridized carbons (Fsp3) is 0.714. The molecule has 0 aliphatic heterocycles. The van der Waals surface area contributed by atoms with Crippen LogP contribution < -0.4 is 10.6 Å². The first-order chi connectivity index (χ1) is 9.10. The first-order valence-corrected chi connectivity index (χ1v) is 7.06. The zero-order chi connectivity index (χ0) is 13.8. The lowest BCUT2D eigenvalue weighted by Gasteiger charge is -2.28. The molecular formula is C14H24N4O. The highest BCUT2D eigenvalue weighted by atomic mass is 16.2. The molecule has 1 aromatic rings. The van der Waals surface area contributed by atoms with E-state index in [0.717, 1.165) is 24.3 Å². The van der Waals surface area contributed by atoms with Crippen LogP contribution in [0.2, 0.25) is 0 Å². The third-order valence-electron chi connectivity index (χ3n) is 3.97. The molecule has 0 bridgehead atoms. The first-order valence-electron chi connectivity index (χ1n) is 7.06. The summed E-state index contributed by atoms with van der Waals surface area (Å²) >= 11 is 0. The molecule has 1 atom stereocenters. The van der Waals surface area contributed by atoms with Gasteiger partial charge in [0, 0.05) is 24.8 Å². The molecule has 1 fully saturated rings. The van der Waals surface area contributed by atoms with Gasteiger partial charge in [-0.3, -0.25) is 9.48 Å². The zero-order valence-corrected chi connectivity index (χ0v) is 12.0. The number of nitrogens with zero attached hydrogens (tertiary/aromatic N) is 2. The lowest BCUT2D eigenvalue weighted by atomic mass is 9.87. The van der Waals surface area contributed by atoms with Crippen LogP contribution in [0.15, 0.2) is 12.4 Å². The summed E-state index contributed by atoms with van der Waals surface area (Å²) in [6.45, 7) is 2.28. The van der Waals surface area contributed by atoms with Gasteiger partial charge in [0.05, 0.1) is 6.20 Å². The van der Waals surface area contributed by atoms with Gasteiger partial charge >= 0.3 is 0 Å². The highest BCUT2D eigenvalue weighted by molar-refractivity contribution is 5.83. The van der Waals surface area contributed by atoms with E-state index in [9.17, 15) is 4.79 Å². The molecule has 1 heterocycles. The van der Waals surface area contributed by atoms with Crippen molar-refractivity contribution < 1.29 is 4.79 Å². The summed E-state index contributed by atoms with van der Waals surface area (Å²) in [7, 11) is 3.66. The Labute approximate surface area is 114 Å². The first kappa shape index (κ1) is 14.1. The number of carbonyl (C=O) groups is 1. The van der Waals surface area contributed by atoms with Crippen LogP contribution in [0.25, 0.3) is 0 Å². The number of amides is 1. The minimum Gasteiger partial charge on any atom is -0.352 e. The average molecular weight is 264 g/mol. The Kier molecular flexibility index (Phi) is 4.58. The average Bonchev–Trinajstić information content (AvgIpc) is 2.80. The zero-order valence-electron chi connectivity index (χ0n) is 12.0. The van der Waals surface area contributed by atoms with Crippen LogP contribution >= 0.6 is 0 Å². The van der Waals surface area contributed by atoms with Crippen molar-refractivity contribution in [2.24, 2.45) is 13.0 Å². The Morgan fingerprint density at radius 1 is 1.42 bits per heavy atom. The van der Waals surface area contributed by atoms with E-state index >= 15 is 0 Å². The fourth-order valence-electron chi connectivity index (χ4n) is 2.73. The van der Waals surface area contributed by atoms with E-state index in [1.165, 1.54) is 12.8 Å². The van der Waals surface area contributed by atoms with Crippen molar-refractivity contribution in [1.82, 2.24) is 20.4 Å². The molecule has 0 aromatic carbocycles. The maximum Gasteiger partial charge on any atom is 0.242 e. The van der Waals surface area contributed by atoms with Crippen LogP contribution in [0.5, 0.6) is 0 Å². The summed E-state index contributed by atoms with van der Waals surface area (Å²) in [6.07, 6.45) is 8.23. The molecule has 1 unspecified atom stereocenters. The van der Waals surface area contributed by atoms with Crippen LogP contribution in [-0.4, -0.2) is 28.8 Å². The van der Waals surface area contributed by atoms with Crippen LogP contribution in [-0.2, 0) is 11.8 Å². The number of rotatable bonds is 4. The van der Waals surface area contributed by atoms with E-state index in [1.54, 1.807) is 17.9 Å². The van der Waals surface area contributed by atoms with Gasteiger partial charge in [-0.15, -0.1) is 0 Å². The van der Waals surface area contributed by atoms with Crippen LogP contribution in [0.1, 0.15) is 44.2 Å². The van der Waals surface area contributed by atoms with E-state index in [-0.39, 0.29) is 11.9 Å². The van der Waals surface area contributed by atoms with Crippen LogP contribution in [0.3, 0.4) is 0 Å². The molecule has 106 valence electrons. The Morgan fingerprint density at radius 2 is 2.11 bits per heavy atom. The molecule has 2 rings (SSSR count). The molecule has 2 N–H and O–H groups in total. The lowest BCUT2D eigenvalue weighted by molar-refractivity contribution is -0.124. The van der Waals surface area contributed by atoms with Crippen LogP contribution in [0, 0.1) is 5.92 Å². The van der Waals surface area contributed by atoms with Gasteiger partial charge in [0.15, 0.2) is 0 Å². The summed E-state index contributed by atoms with van der Waals surface area (Å²) in [6, 6.07) is 0.0178. The fourth-order valence-corrected chi connectivity index (χ4v) is 2.73. The summed E-state index contributed by atoms with van der Waals surface area (Å²) < 4.78 is 1.72. The maximum absolute atomic E-state index is 12.3. The molecule has 1 saturated carbocycles. The molecule has 1 aliphatic carbocycles. The van der Waals surface area contributed by atoms with E-state index in [2.05, 4.69) is 22.7 Å². The normalized spacial score (nSPS) is 25.0. The molecular weight excluding hydrogens is 240 g/mol. The molecule has 1 aliphatic rings. The Hall–Kier alpha value is -1.36. The molecule has 0 saturated heterocycles. The van der Waals surface area contributed by atoms with Crippen molar-refractivity contribution >= 4 is 5.91 Å². The van der Waals surface area contributed by atoms with E-state index < -0.39 is 0 Å². The summed E-state index contributed by atoms with van der Waals surface area (Å²) in [5.74, 6) is 0.849. The van der Waals surface area contributed by atoms with E-state index in [0.29, 0.717) is 6.04 Å². The number of aryl methyl sites for hydroxylation is 1. The van der Waals surface area contributed by atoms with Crippen molar-refractivity contribution in [3.05, 3.63) is 18.0 Å². The summed E-state index contributed by atoms with van der Waals surface area (Å²) in [5, 5.41) is 10.3. The van der Waals surface area contributed by atoms with E-state index in [1.807, 2.05) is 13.2 Å². The van der Waals surface area contributed by atoms with Gasteiger partial charge in [-0.05, 0) is 38.6 Å². The quantitative estimate of drug-likeness (QED) is 0.863. The Balaban J connectivity index is 1.94. The highest BCUT2D eigenvalue weighted by Gasteiger charge is 2.25. The number of nitrogens with one attached hydrogen (secondary N) is 2. The number of hydrogen-bond donors (Lipinski definition) is 2. The van der Waals surface area contributed by atoms with Crippen LogP contribution in [0.4, 0.5) is 0 Å². The molecule has 19 heavy (non-hydrogen) atoms. The maximum atomic E-state index is 12.3. The number of hydrogen-bond acceptors (Lipinski definition) is 3. The summed E-state index contributed by atoms with van der Waals surface area (Å²) in [5.41, 5.74) is 0.909. The molecule has 1 amide bonds. The topological polar surface area (TPSA) is 59.0 Å². The minimum absolute atomic E-state index is 0.0510. The third kappa shape index (κ3) is 3.56. The van der Waals surface area contributed by atoms with Crippen molar-refractivity contribution in [3.8, 4) is 0 Å². The predicted molar refractivity (Wildman–Crippen MR) is 74.6 cm³/mol. The second-order valence-electron chi connectivity index (χ2n) is 5.63. The molecule has 0 radical (unpaired) electrons. The highest BCUT2D eigenvalue weighted by Crippen LogP contribution is 2.24. The molecule has 1 aromatic heterocycles. The van der Waals surface area contributed by atoms with Gasteiger partial charge in [0.2, 0.25) is 5.91 Å². The van der Waals surface area contributed by atoms with Crippen molar-refractivity contribution in [3.63, 3.8) is 0 Å². The molecule has 5 heteroatoms. The Morgan fingerprint density at radius 3 is 2.63 bits per heavy atom. The molecule has 5 nitrogen and oxygen atoms in total. The third-order valence-corrected chi connectivity index (χ3v) is 3.97. The smallest absolute Gasteiger partial charge is 0.242 e. The van der Waals surface area contributed by atoms with Gasteiger partial charge in [-0.25, -0.2) is 0 Å². The number of likely N-dealkylation sites (N-methyl/N-ethyl adjacent to an activating group) is 1. The van der Waals surface area contributed by atoms with Crippen molar-refractivity contribution in [2.45, 2.75) is 44.7 Å². The number of aromatic nitrogens is 2. The standard InChI is InChI=1S/C14H24N4O/c1-10-4-6-12(7-5-10)17-14(19)13(15-2)11-8-16-18(3)9-11/h8-10,12-13,15H,4-7H2,1-3H3,(H,17,19).